The number of nitrogen functional groups attached to an aromatic ring is 1. The highest BCUT2D eigenvalue weighted by molar-refractivity contribution is 6.21. The van der Waals surface area contributed by atoms with Crippen molar-refractivity contribution in [1.29, 1.82) is 0 Å². The Labute approximate surface area is 514 Å². The van der Waals surface area contributed by atoms with Crippen LogP contribution in [0.3, 0.4) is 0 Å². The summed E-state index contributed by atoms with van der Waals surface area (Å²) < 4.78 is 56.2. The van der Waals surface area contributed by atoms with Crippen LogP contribution >= 0.6 is 0 Å². The Balaban J connectivity index is 0.000000278. The predicted molar refractivity (Wildman–Crippen MR) is 330 cm³/mol. The normalized spacial score (nSPS) is 29.5. The SMILES string of the molecule is CO[C@H]1/C=C/O[C@@]2(C)Oc3c(C)c(O)c4c(O)c(c5c(c4c3C2=O)NC2(CCN(CC(C)C)CC2)N=5)=NC(=O)/C(C)=C\C=C\[C@H](C)[C@H](O)[C@@H](C)[C@@H](O)[C@@H](C)[C@H](OC(C)=O)[C@@H]1C.C[C@@H]1CN(c2c(F)c(N)c3c(=O)c(C(=O)O)cn(C4CC4)c3c2F)C[C@H](C)N1. The summed E-state index contributed by atoms with van der Waals surface area (Å²) in [7, 11) is 1.47. The standard InChI is InChI=1S/C46H62N4O11.C19H22F2N4O3/c1-22(2)21-50-18-16-46(17-19-50)48-34-31-32-39(54)28(8)42-33(31)43(56)45(10,61-42)59-20-15-30(58-11)25(5)41(60-29(9)51)27(7)38(53)26(6)37(52)23(3)13-12-14-24(4)44(57)47-36(40(32)55)35(34)49-46;1-8-5-24(6-9(2)23-8)17-13(20)15(22)12-16(14(17)21)25(10-3-4-10)7-11(18(12)26)19(27)28/h12-15,20,22-23,25-27,30,37-38,41,48,52-55H,16-19,21H2,1-11H3;7-10,23H,3-6,22H2,1-2H3,(H,27,28)/b13-12+,20-15+,24-14-,47-36?;/t23-,25+,26+,27+,30-,37-,38+,41+,45-;8-,9+/m0./s1. The van der Waals surface area contributed by atoms with Crippen LogP contribution in [-0.2, 0) is 23.8 Å². The highest BCUT2D eigenvalue weighted by atomic mass is 19.1. The number of nitrogens with one attached hydrogen (secondary N) is 2. The summed E-state index contributed by atoms with van der Waals surface area (Å²) in [6.07, 6.45) is 7.68. The van der Waals surface area contributed by atoms with E-state index in [1.165, 1.54) is 31.8 Å². The van der Waals surface area contributed by atoms with Gasteiger partial charge in [0.2, 0.25) is 5.43 Å². The number of anilines is 3. The van der Waals surface area contributed by atoms with Crippen molar-refractivity contribution in [3.05, 3.63) is 91.6 Å². The Hall–Kier alpha value is -7.51. The molecule has 4 bridgehead atoms. The number of amides is 1. The number of carbonyl (C=O) groups excluding carboxylic acids is 3. The number of aromatic carboxylic acids is 1. The lowest BCUT2D eigenvalue weighted by Gasteiger charge is -2.38. The van der Waals surface area contributed by atoms with E-state index in [0.717, 1.165) is 38.7 Å². The van der Waals surface area contributed by atoms with Gasteiger partial charge in [0, 0.05) is 131 Å². The molecule has 10 rings (SSSR count). The molecule has 1 amide bonds. The molecule has 24 heteroatoms. The Kier molecular flexibility index (Phi) is 18.8. The number of esters is 1. The minimum atomic E-state index is -1.95. The average Bonchev–Trinajstić information content (AvgIpc) is 1.70. The van der Waals surface area contributed by atoms with E-state index in [2.05, 4.69) is 34.4 Å². The number of ketones is 1. The summed E-state index contributed by atoms with van der Waals surface area (Å²) in [4.78, 5) is 78.6. The Bertz CT molecular complexity index is 3790. The van der Waals surface area contributed by atoms with Gasteiger partial charge >= 0.3 is 17.7 Å². The van der Waals surface area contributed by atoms with Crippen LogP contribution in [0.25, 0.3) is 21.7 Å². The first-order valence-electron chi connectivity index (χ1n) is 30.5. The fourth-order valence-electron chi connectivity index (χ4n) is 13.4. The molecule has 0 radical (unpaired) electrons. The molecule has 6 aliphatic rings. The molecule has 1 aliphatic carbocycles. The van der Waals surface area contributed by atoms with Gasteiger partial charge in [-0.05, 0) is 52.5 Å². The van der Waals surface area contributed by atoms with E-state index in [0.29, 0.717) is 37.5 Å². The highest BCUT2D eigenvalue weighted by Crippen LogP contribution is 2.52. The number of fused-ring (bicyclic) bond motifs is 2. The molecule has 1 aromatic heterocycles. The molecule has 4 aromatic rings. The monoisotopic (exact) mass is 1240 g/mol. The van der Waals surface area contributed by atoms with E-state index in [1.54, 1.807) is 70.7 Å². The first-order chi connectivity index (χ1) is 41.8. The first-order valence-corrected chi connectivity index (χ1v) is 30.5. The number of aliphatic hydroxyl groups excluding tert-OH is 2. The van der Waals surface area contributed by atoms with Crippen LogP contribution in [0.2, 0.25) is 0 Å². The van der Waals surface area contributed by atoms with Gasteiger partial charge in [0.05, 0.1) is 57.8 Å². The number of benzene rings is 3. The number of aromatic nitrogens is 1. The van der Waals surface area contributed by atoms with Crippen molar-refractivity contribution in [2.75, 3.05) is 55.8 Å². The molecule has 1 saturated carbocycles. The number of piperidine rings is 1. The first kappa shape index (κ1) is 65.9. The molecule has 6 heterocycles. The second-order valence-corrected chi connectivity index (χ2v) is 25.8. The number of carbonyl (C=O) groups is 4. The molecule has 0 unspecified atom stereocenters. The number of phenolic OH excluding ortho intramolecular Hbond substituents is 2. The number of aliphatic hydroxyl groups is 2. The summed E-state index contributed by atoms with van der Waals surface area (Å²) in [6, 6.07) is -0.103. The van der Waals surface area contributed by atoms with Crippen molar-refractivity contribution in [2.24, 2.45) is 39.6 Å². The number of nitrogens with zero attached hydrogens (tertiary/aromatic N) is 5. The minimum Gasteiger partial charge on any atom is -0.507 e. The second-order valence-electron chi connectivity index (χ2n) is 25.8. The zero-order valence-corrected chi connectivity index (χ0v) is 52.7. The number of carboxylic acid groups (broad SMARTS) is 1. The number of Topliss-reactive ketones (excluding diaryl/α,β-unsaturated/α-hetero) is 1. The van der Waals surface area contributed by atoms with Crippen molar-refractivity contribution in [3.8, 4) is 17.2 Å². The number of hydrogen-bond acceptors (Lipinski definition) is 19. The Morgan fingerprint density at radius 3 is 2.15 bits per heavy atom. The largest absolute Gasteiger partial charge is 0.507 e. The number of allylic oxidation sites excluding steroid dienone is 2. The van der Waals surface area contributed by atoms with Crippen LogP contribution in [0.1, 0.15) is 134 Å². The van der Waals surface area contributed by atoms with Gasteiger partial charge in [-0.15, -0.1) is 0 Å². The summed E-state index contributed by atoms with van der Waals surface area (Å²) in [5.74, 6) is -9.91. The van der Waals surface area contributed by atoms with Gasteiger partial charge < -0.3 is 75.2 Å². The zero-order chi connectivity index (χ0) is 65.2. The van der Waals surface area contributed by atoms with E-state index in [9.17, 15) is 49.5 Å². The van der Waals surface area contributed by atoms with Crippen LogP contribution < -0.4 is 42.1 Å². The van der Waals surface area contributed by atoms with Crippen LogP contribution in [0.5, 0.6) is 17.2 Å². The number of likely N-dealkylation sites (tertiary alicyclic amines) is 1. The molecule has 11 atom stereocenters. The van der Waals surface area contributed by atoms with E-state index >= 15 is 8.78 Å². The predicted octanol–water partition coefficient (Wildman–Crippen LogP) is 6.83. The topological polar surface area (TPSA) is 310 Å². The fourth-order valence-corrected chi connectivity index (χ4v) is 13.4. The molecule has 5 aliphatic heterocycles. The van der Waals surface area contributed by atoms with Gasteiger partial charge in [-0.25, -0.2) is 18.6 Å². The minimum absolute atomic E-state index is 0.0134. The summed E-state index contributed by atoms with van der Waals surface area (Å²) in [6.45, 7) is 24.1. The summed E-state index contributed by atoms with van der Waals surface area (Å²) >= 11 is 0. The van der Waals surface area contributed by atoms with Crippen LogP contribution in [0, 0.1) is 48.1 Å². The highest BCUT2D eigenvalue weighted by Gasteiger charge is 2.51. The van der Waals surface area contributed by atoms with Gasteiger partial charge in [-0.3, -0.25) is 24.2 Å². The lowest BCUT2D eigenvalue weighted by Crippen LogP contribution is -2.54. The van der Waals surface area contributed by atoms with Crippen molar-refractivity contribution in [3.63, 3.8) is 0 Å². The molecule has 2 saturated heterocycles. The van der Waals surface area contributed by atoms with Gasteiger partial charge in [0.1, 0.15) is 45.2 Å². The molecule has 3 aromatic carbocycles. The third kappa shape index (κ3) is 12.5. The molecular weight excluding hydrogens is 1150 g/mol. The molecule has 89 heavy (non-hydrogen) atoms. The van der Waals surface area contributed by atoms with Gasteiger partial charge in [0.15, 0.2) is 17.4 Å². The summed E-state index contributed by atoms with van der Waals surface area (Å²) in [5.41, 5.74) is 3.42. The van der Waals surface area contributed by atoms with Gasteiger partial charge in [-0.2, -0.15) is 0 Å². The molecule has 22 nitrogen and oxygen atoms in total. The van der Waals surface area contributed by atoms with E-state index < -0.39 is 123 Å². The van der Waals surface area contributed by atoms with E-state index in [4.69, 9.17) is 29.7 Å². The number of piperazine rings is 1. The van der Waals surface area contributed by atoms with E-state index in [1.807, 2.05) is 13.8 Å². The average molecular weight is 1240 g/mol. The number of carboxylic acids is 1. The molecule has 1 spiro atoms. The van der Waals surface area contributed by atoms with Gasteiger partial charge in [-0.1, -0.05) is 59.8 Å². The Morgan fingerprint density at radius 1 is 0.899 bits per heavy atom. The van der Waals surface area contributed by atoms with Gasteiger partial charge in [0.25, 0.3) is 11.7 Å². The van der Waals surface area contributed by atoms with Crippen molar-refractivity contribution in [2.45, 2.75) is 163 Å². The fraction of sp³-hybridized carbons (Fsp3) is 0.554. The molecule has 3 fully saturated rings. The number of aromatic hydroxyl groups is 2. The third-order valence-electron chi connectivity index (χ3n) is 18.3. The quantitative estimate of drug-likeness (QED) is 0.0534. The number of pyridine rings is 1. The molecule has 482 valence electrons. The number of halogens is 2. The second kappa shape index (κ2) is 25.4. The third-order valence-corrected chi connectivity index (χ3v) is 18.3. The number of rotatable bonds is 7. The molecule has 9 N–H and O–H groups in total. The van der Waals surface area contributed by atoms with Crippen LogP contribution in [-0.4, -0.2) is 146 Å². The maximum atomic E-state index is 15.6. The van der Waals surface area contributed by atoms with E-state index in [-0.39, 0.29) is 79.0 Å². The number of phenols is 2. The molecular formula is C65H84F2N8O14. The smallest absolute Gasteiger partial charge is 0.341 e. The van der Waals surface area contributed by atoms with Crippen molar-refractivity contribution in [1.82, 2.24) is 14.8 Å². The lowest BCUT2D eigenvalue weighted by atomic mass is 9.78. The zero-order valence-electron chi connectivity index (χ0n) is 52.7. The van der Waals surface area contributed by atoms with Crippen molar-refractivity contribution >= 4 is 62.4 Å². The van der Waals surface area contributed by atoms with Crippen LogP contribution in [0.15, 0.2) is 57.1 Å². The number of nitrogens with two attached hydrogens (primary N) is 1. The lowest BCUT2D eigenvalue weighted by molar-refractivity contribution is -0.160. The van der Waals surface area contributed by atoms with Crippen molar-refractivity contribution < 1.29 is 72.4 Å². The number of ether oxygens (including phenoxy) is 4. The Morgan fingerprint density at radius 2 is 1.55 bits per heavy atom. The van der Waals surface area contributed by atoms with Crippen LogP contribution in [0.4, 0.5) is 25.8 Å². The number of hydrogen-bond donors (Lipinski definition) is 8. The number of methoxy groups -OCH3 is 1. The maximum Gasteiger partial charge on any atom is 0.341 e. The summed E-state index contributed by atoms with van der Waals surface area (Å²) in [5, 5.41) is 62.8. The maximum absolute atomic E-state index is 15.6.